The normalized spacial score (nSPS) is 29.6. The molecule has 4 bridgehead atoms. The fourth-order valence-corrected chi connectivity index (χ4v) is 5.44. The van der Waals surface area contributed by atoms with E-state index in [9.17, 15) is 4.79 Å². The van der Waals surface area contributed by atoms with Crippen molar-refractivity contribution in [1.82, 2.24) is 15.4 Å². The van der Waals surface area contributed by atoms with Gasteiger partial charge in [-0.05, 0) is 49.9 Å². The fraction of sp³-hybridized carbons (Fsp3) is 0.524. The molecule has 2 aliphatic heterocycles. The molecule has 0 radical (unpaired) electrons. The number of urea groups is 1. The Kier molecular flexibility index (Phi) is 3.95. The summed E-state index contributed by atoms with van der Waals surface area (Å²) in [7, 11) is 0. The van der Waals surface area contributed by atoms with E-state index in [1.807, 2.05) is 36.4 Å². The number of benzene rings is 1. The van der Waals surface area contributed by atoms with E-state index < -0.39 is 0 Å². The summed E-state index contributed by atoms with van der Waals surface area (Å²) in [6.45, 7) is 1.31. The van der Waals surface area contributed by atoms with Crippen molar-refractivity contribution in [2.45, 2.75) is 44.7 Å². The predicted octanol–water partition coefficient (Wildman–Crippen LogP) is 4.06. The number of hydrogen-bond donors (Lipinski definition) is 1. The molecule has 4 fully saturated rings. The Labute approximate surface area is 153 Å². The lowest BCUT2D eigenvalue weighted by Gasteiger charge is -2.38. The number of nitrogens with zero attached hydrogens (tertiary/aromatic N) is 2. The van der Waals surface area contributed by atoms with Crippen LogP contribution in [-0.2, 0) is 6.54 Å². The molecule has 1 aromatic carbocycles. The van der Waals surface area contributed by atoms with Crippen LogP contribution in [0, 0.1) is 17.8 Å². The Morgan fingerprint density at radius 2 is 1.81 bits per heavy atom. The zero-order chi connectivity index (χ0) is 17.5. The molecular weight excluding hydrogens is 326 g/mol. The number of carbonyl (C=O) groups excluding carboxylic acids is 1. The van der Waals surface area contributed by atoms with Gasteiger partial charge in [0.1, 0.15) is 5.69 Å². The Morgan fingerprint density at radius 3 is 2.58 bits per heavy atom. The van der Waals surface area contributed by atoms with Crippen molar-refractivity contribution in [3.05, 3.63) is 42.2 Å². The summed E-state index contributed by atoms with van der Waals surface area (Å²) < 4.78 is 5.41. The van der Waals surface area contributed by atoms with E-state index in [1.54, 1.807) is 0 Å². The molecule has 2 saturated carbocycles. The van der Waals surface area contributed by atoms with Crippen LogP contribution in [0.15, 0.2) is 40.9 Å². The molecule has 136 valence electrons. The van der Waals surface area contributed by atoms with Crippen molar-refractivity contribution in [2.24, 2.45) is 17.8 Å². The van der Waals surface area contributed by atoms with Crippen LogP contribution in [0.5, 0.6) is 0 Å². The van der Waals surface area contributed by atoms with Gasteiger partial charge in [0.15, 0.2) is 5.76 Å². The maximum atomic E-state index is 12.8. The number of fused-ring (bicyclic) bond motifs is 1. The van der Waals surface area contributed by atoms with Crippen LogP contribution in [0.25, 0.3) is 11.3 Å². The molecule has 1 N–H and O–H groups in total. The zero-order valence-electron chi connectivity index (χ0n) is 14.9. The van der Waals surface area contributed by atoms with Crippen molar-refractivity contribution < 1.29 is 9.32 Å². The summed E-state index contributed by atoms with van der Waals surface area (Å²) in [4.78, 5) is 14.9. The highest BCUT2D eigenvalue weighted by atomic mass is 16.5. The lowest BCUT2D eigenvalue weighted by Crippen LogP contribution is -2.47. The summed E-state index contributed by atoms with van der Waals surface area (Å²) in [6.07, 6.45) is 6.42. The molecule has 5 nitrogen and oxygen atoms in total. The molecule has 2 unspecified atom stereocenters. The number of rotatable bonds is 3. The number of nitrogens with one attached hydrogen (secondary N) is 1. The molecule has 2 atom stereocenters. The van der Waals surface area contributed by atoms with Gasteiger partial charge >= 0.3 is 6.03 Å². The van der Waals surface area contributed by atoms with Gasteiger partial charge in [-0.1, -0.05) is 35.5 Å². The smallest absolute Gasteiger partial charge is 0.318 e. The quantitative estimate of drug-likeness (QED) is 0.907. The molecule has 2 amide bonds. The first-order valence-corrected chi connectivity index (χ1v) is 9.80. The summed E-state index contributed by atoms with van der Waals surface area (Å²) >= 11 is 0. The van der Waals surface area contributed by atoms with Crippen LogP contribution in [-0.4, -0.2) is 28.7 Å². The summed E-state index contributed by atoms with van der Waals surface area (Å²) in [6, 6.07) is 12.3. The monoisotopic (exact) mass is 351 g/mol. The molecule has 5 heteroatoms. The predicted molar refractivity (Wildman–Crippen MR) is 98.2 cm³/mol. The van der Waals surface area contributed by atoms with Crippen LogP contribution in [0.1, 0.15) is 37.9 Å². The zero-order valence-corrected chi connectivity index (χ0v) is 14.9. The van der Waals surface area contributed by atoms with Gasteiger partial charge in [0.05, 0.1) is 6.54 Å². The lowest BCUT2D eigenvalue weighted by atomic mass is 9.68. The van der Waals surface area contributed by atoms with Crippen LogP contribution >= 0.6 is 0 Å². The standard InChI is InChI=1S/C21H25N3O2/c25-21(24-13-16-7-14-6-15(8-16)10-18(24)9-14)22-12-19-11-20(23-26-19)17-4-2-1-3-5-17/h1-5,11,14-16,18H,6-10,12-13H2,(H,22,25). The average Bonchev–Trinajstić information content (AvgIpc) is 3.04. The minimum absolute atomic E-state index is 0.0564. The molecule has 2 aliphatic carbocycles. The van der Waals surface area contributed by atoms with E-state index in [-0.39, 0.29) is 6.03 Å². The first-order valence-electron chi connectivity index (χ1n) is 9.80. The highest BCUT2D eigenvalue weighted by Crippen LogP contribution is 2.47. The van der Waals surface area contributed by atoms with Gasteiger partial charge < -0.3 is 14.7 Å². The maximum absolute atomic E-state index is 12.8. The third kappa shape index (κ3) is 3.00. The van der Waals surface area contributed by atoms with E-state index in [1.165, 1.54) is 32.1 Å². The second-order valence-corrected chi connectivity index (χ2v) is 8.29. The molecule has 26 heavy (non-hydrogen) atoms. The topological polar surface area (TPSA) is 58.4 Å². The van der Waals surface area contributed by atoms with E-state index in [2.05, 4.69) is 15.4 Å². The van der Waals surface area contributed by atoms with Crippen molar-refractivity contribution in [2.75, 3.05) is 6.54 Å². The van der Waals surface area contributed by atoms with E-state index >= 15 is 0 Å². The summed E-state index contributed by atoms with van der Waals surface area (Å²) in [5.74, 6) is 3.08. The van der Waals surface area contributed by atoms with Crippen molar-refractivity contribution in [3.8, 4) is 11.3 Å². The largest absolute Gasteiger partial charge is 0.359 e. The summed E-state index contributed by atoms with van der Waals surface area (Å²) in [5.41, 5.74) is 1.83. The van der Waals surface area contributed by atoms with Crippen molar-refractivity contribution in [1.29, 1.82) is 0 Å². The van der Waals surface area contributed by atoms with Gasteiger partial charge in [-0.15, -0.1) is 0 Å². The lowest BCUT2D eigenvalue weighted by molar-refractivity contribution is 0.131. The Balaban J connectivity index is 1.23. The van der Waals surface area contributed by atoms with Gasteiger partial charge in [-0.2, -0.15) is 0 Å². The summed E-state index contributed by atoms with van der Waals surface area (Å²) in [5, 5.41) is 7.18. The molecule has 0 spiro atoms. The number of hydrogen-bond acceptors (Lipinski definition) is 3. The Hall–Kier alpha value is -2.30. The minimum Gasteiger partial charge on any atom is -0.359 e. The van der Waals surface area contributed by atoms with Crippen molar-refractivity contribution in [3.63, 3.8) is 0 Å². The molecule has 1 aromatic heterocycles. The first-order chi connectivity index (χ1) is 12.7. The van der Waals surface area contributed by atoms with Gasteiger partial charge in [0.2, 0.25) is 0 Å². The third-order valence-electron chi connectivity index (χ3n) is 6.41. The second kappa shape index (κ2) is 6.45. The first kappa shape index (κ1) is 15.9. The SMILES string of the molecule is O=C(NCc1cc(-c2ccccc2)no1)N1CC2CC3CC(C2)CC1C3. The fourth-order valence-electron chi connectivity index (χ4n) is 5.44. The van der Waals surface area contributed by atoms with Crippen LogP contribution in [0.4, 0.5) is 4.79 Å². The van der Waals surface area contributed by atoms with E-state index in [4.69, 9.17) is 4.52 Å². The molecular formula is C21H25N3O2. The number of carbonyl (C=O) groups is 1. The molecule has 2 aromatic rings. The van der Waals surface area contributed by atoms with Crippen LogP contribution in [0.3, 0.4) is 0 Å². The Bertz CT molecular complexity index is 774. The van der Waals surface area contributed by atoms with Gasteiger partial charge in [0.25, 0.3) is 0 Å². The van der Waals surface area contributed by atoms with E-state index in [0.717, 1.165) is 29.6 Å². The van der Waals surface area contributed by atoms with Gasteiger partial charge in [-0.3, -0.25) is 0 Å². The third-order valence-corrected chi connectivity index (χ3v) is 6.41. The molecule has 3 heterocycles. The number of aromatic nitrogens is 1. The van der Waals surface area contributed by atoms with Gasteiger partial charge in [0, 0.05) is 24.2 Å². The number of amides is 2. The maximum Gasteiger partial charge on any atom is 0.318 e. The highest BCUT2D eigenvalue weighted by molar-refractivity contribution is 5.74. The van der Waals surface area contributed by atoms with Crippen LogP contribution < -0.4 is 5.32 Å². The Morgan fingerprint density at radius 1 is 1.08 bits per heavy atom. The molecule has 6 rings (SSSR count). The van der Waals surface area contributed by atoms with Crippen molar-refractivity contribution >= 4 is 6.03 Å². The van der Waals surface area contributed by atoms with Crippen LogP contribution in [0.2, 0.25) is 0 Å². The van der Waals surface area contributed by atoms with E-state index in [0.29, 0.717) is 24.3 Å². The molecule has 2 saturated heterocycles. The highest BCUT2D eigenvalue weighted by Gasteiger charge is 2.44. The minimum atomic E-state index is 0.0564. The second-order valence-electron chi connectivity index (χ2n) is 8.29. The molecule has 4 aliphatic rings. The average molecular weight is 351 g/mol. The van der Waals surface area contributed by atoms with Gasteiger partial charge in [-0.25, -0.2) is 4.79 Å².